The van der Waals surface area contributed by atoms with E-state index in [1.54, 1.807) is 29.7 Å². The van der Waals surface area contributed by atoms with Gasteiger partial charge in [-0.2, -0.15) is 0 Å². The van der Waals surface area contributed by atoms with Gasteiger partial charge in [0.1, 0.15) is 0 Å². The molecule has 15 heavy (non-hydrogen) atoms. The molecule has 78 valence electrons. The van der Waals surface area contributed by atoms with Gasteiger partial charge >= 0.3 is 5.97 Å². The summed E-state index contributed by atoms with van der Waals surface area (Å²) in [5.41, 5.74) is 1.12. The van der Waals surface area contributed by atoms with Crippen LogP contribution >= 0.6 is 11.6 Å². The number of hydrogen-bond donors (Lipinski definition) is 0. The van der Waals surface area contributed by atoms with Crippen LogP contribution in [0, 0.1) is 0 Å². The van der Waals surface area contributed by atoms with Crippen LogP contribution in [0.25, 0.3) is 5.52 Å². The predicted molar refractivity (Wildman–Crippen MR) is 56.2 cm³/mol. The first-order valence-corrected chi connectivity index (χ1v) is 4.89. The van der Waals surface area contributed by atoms with E-state index < -0.39 is 5.97 Å². The number of halogens is 1. The summed E-state index contributed by atoms with van der Waals surface area (Å²) in [6, 6.07) is 3.45. The Bertz CT molecular complexity index is 507. The van der Waals surface area contributed by atoms with Gasteiger partial charge < -0.3 is 4.74 Å². The van der Waals surface area contributed by atoms with Crippen molar-refractivity contribution in [1.29, 1.82) is 0 Å². The molecule has 5 heteroatoms. The van der Waals surface area contributed by atoms with Gasteiger partial charge in [0.25, 0.3) is 0 Å². The number of fused-ring (bicyclic) bond motifs is 1. The lowest BCUT2D eigenvalue weighted by Crippen LogP contribution is -2.10. The van der Waals surface area contributed by atoms with Crippen LogP contribution in [-0.4, -0.2) is 22.0 Å². The van der Waals surface area contributed by atoms with E-state index in [1.807, 2.05) is 0 Å². The molecule has 2 aromatic heterocycles. The largest absolute Gasteiger partial charge is 0.461 e. The number of carbonyl (C=O) groups is 1. The molecule has 0 unspecified atom stereocenters. The van der Waals surface area contributed by atoms with E-state index in [-0.39, 0.29) is 0 Å². The zero-order chi connectivity index (χ0) is 10.8. The number of nitrogens with zero attached hydrogens (tertiary/aromatic N) is 2. The highest BCUT2D eigenvalue weighted by molar-refractivity contribution is 6.33. The van der Waals surface area contributed by atoms with Crippen molar-refractivity contribution in [3.63, 3.8) is 0 Å². The number of ether oxygens (including phenoxy) is 1. The van der Waals surface area contributed by atoms with E-state index in [2.05, 4.69) is 4.98 Å². The Morgan fingerprint density at radius 3 is 3.13 bits per heavy atom. The molecule has 0 amide bonds. The monoisotopic (exact) mass is 224 g/mol. The summed E-state index contributed by atoms with van der Waals surface area (Å²) in [6.07, 6.45) is 3.19. The summed E-state index contributed by atoms with van der Waals surface area (Å²) < 4.78 is 6.53. The van der Waals surface area contributed by atoms with Crippen LogP contribution in [0.15, 0.2) is 24.7 Å². The highest BCUT2D eigenvalue weighted by Crippen LogP contribution is 2.19. The zero-order valence-corrected chi connectivity index (χ0v) is 8.86. The van der Waals surface area contributed by atoms with Crippen molar-refractivity contribution < 1.29 is 9.53 Å². The fourth-order valence-electron chi connectivity index (χ4n) is 1.36. The second kappa shape index (κ2) is 3.90. The van der Waals surface area contributed by atoms with E-state index >= 15 is 0 Å². The molecular weight excluding hydrogens is 216 g/mol. The molecule has 0 atom stereocenters. The van der Waals surface area contributed by atoms with Crippen molar-refractivity contribution in [2.45, 2.75) is 6.92 Å². The second-order valence-corrected chi connectivity index (χ2v) is 3.35. The number of pyridine rings is 1. The average Bonchev–Trinajstić information content (AvgIpc) is 2.65. The average molecular weight is 225 g/mol. The standard InChI is InChI=1S/C10H9ClN2O2/c1-2-15-10(14)9-8(11)4-3-7-5-12-6-13(7)9/h3-6H,2H2,1H3. The first-order valence-electron chi connectivity index (χ1n) is 4.51. The van der Waals surface area contributed by atoms with Gasteiger partial charge in [-0.25, -0.2) is 9.78 Å². The van der Waals surface area contributed by atoms with Crippen LogP contribution in [0.3, 0.4) is 0 Å². The molecule has 0 bridgehead atoms. The Morgan fingerprint density at radius 2 is 2.40 bits per heavy atom. The first kappa shape index (κ1) is 9.98. The quantitative estimate of drug-likeness (QED) is 0.735. The molecule has 2 rings (SSSR count). The van der Waals surface area contributed by atoms with Crippen LogP contribution in [0.1, 0.15) is 17.4 Å². The van der Waals surface area contributed by atoms with Gasteiger partial charge in [0, 0.05) is 0 Å². The van der Waals surface area contributed by atoms with Gasteiger partial charge in [-0.15, -0.1) is 0 Å². The van der Waals surface area contributed by atoms with Crippen LogP contribution < -0.4 is 0 Å². The molecule has 0 saturated carbocycles. The minimum absolute atomic E-state index is 0.313. The Balaban J connectivity index is 2.61. The molecule has 2 aromatic rings. The summed E-state index contributed by atoms with van der Waals surface area (Å²) in [7, 11) is 0. The number of rotatable bonds is 2. The van der Waals surface area contributed by atoms with Crippen molar-refractivity contribution in [3.8, 4) is 0 Å². The summed E-state index contributed by atoms with van der Waals surface area (Å²) in [5, 5.41) is 0.360. The second-order valence-electron chi connectivity index (χ2n) is 2.94. The SMILES string of the molecule is CCOC(=O)c1c(Cl)ccc2cncn12. The van der Waals surface area contributed by atoms with Crippen molar-refractivity contribution in [3.05, 3.63) is 35.4 Å². The van der Waals surface area contributed by atoms with E-state index in [9.17, 15) is 4.79 Å². The van der Waals surface area contributed by atoms with E-state index in [0.717, 1.165) is 5.52 Å². The number of hydrogen-bond acceptors (Lipinski definition) is 3. The van der Waals surface area contributed by atoms with E-state index in [4.69, 9.17) is 16.3 Å². The van der Waals surface area contributed by atoms with Crippen molar-refractivity contribution in [2.24, 2.45) is 0 Å². The van der Waals surface area contributed by atoms with Gasteiger partial charge in [-0.05, 0) is 19.1 Å². The smallest absolute Gasteiger partial charge is 0.356 e. The lowest BCUT2D eigenvalue weighted by molar-refractivity contribution is 0.0518. The minimum atomic E-state index is -0.439. The Morgan fingerprint density at radius 1 is 1.60 bits per heavy atom. The Labute approximate surface area is 91.4 Å². The molecular formula is C10H9ClN2O2. The fourth-order valence-corrected chi connectivity index (χ4v) is 1.59. The third kappa shape index (κ3) is 1.68. The molecule has 0 aliphatic heterocycles. The summed E-state index contributed by atoms with van der Waals surface area (Å²) >= 11 is 5.94. The van der Waals surface area contributed by atoms with Crippen LogP contribution in [0.5, 0.6) is 0 Å². The molecule has 2 heterocycles. The zero-order valence-electron chi connectivity index (χ0n) is 8.11. The summed E-state index contributed by atoms with van der Waals surface area (Å²) in [6.45, 7) is 2.07. The molecule has 0 radical (unpaired) electrons. The predicted octanol–water partition coefficient (Wildman–Crippen LogP) is 2.16. The summed E-state index contributed by atoms with van der Waals surface area (Å²) in [5.74, 6) is -0.439. The molecule has 0 N–H and O–H groups in total. The highest BCUT2D eigenvalue weighted by Gasteiger charge is 2.15. The van der Waals surface area contributed by atoms with Gasteiger partial charge in [0.15, 0.2) is 5.69 Å². The molecule has 0 aliphatic rings. The first-order chi connectivity index (χ1) is 7.24. The van der Waals surface area contributed by atoms with Crippen molar-refractivity contribution in [1.82, 2.24) is 9.38 Å². The van der Waals surface area contributed by atoms with Crippen LogP contribution in [-0.2, 0) is 4.74 Å². The molecule has 0 aliphatic carbocycles. The lowest BCUT2D eigenvalue weighted by Gasteiger charge is -2.06. The topological polar surface area (TPSA) is 43.6 Å². The maximum absolute atomic E-state index is 11.6. The van der Waals surface area contributed by atoms with Crippen molar-refractivity contribution >= 4 is 23.1 Å². The Kier molecular flexibility index (Phi) is 2.60. The third-order valence-corrected chi connectivity index (χ3v) is 2.31. The van der Waals surface area contributed by atoms with Crippen LogP contribution in [0.2, 0.25) is 5.02 Å². The number of aromatic nitrogens is 2. The maximum atomic E-state index is 11.6. The van der Waals surface area contributed by atoms with Gasteiger partial charge in [0.2, 0.25) is 0 Å². The number of imidazole rings is 1. The molecule has 0 spiro atoms. The number of esters is 1. The Hall–Kier alpha value is -1.55. The number of carbonyl (C=O) groups excluding carboxylic acids is 1. The molecule has 0 aromatic carbocycles. The maximum Gasteiger partial charge on any atom is 0.356 e. The molecule has 0 saturated heterocycles. The molecule has 4 nitrogen and oxygen atoms in total. The van der Waals surface area contributed by atoms with Gasteiger partial charge in [0.05, 0.1) is 29.7 Å². The van der Waals surface area contributed by atoms with Crippen LogP contribution in [0.4, 0.5) is 0 Å². The van der Waals surface area contributed by atoms with E-state index in [0.29, 0.717) is 17.3 Å². The lowest BCUT2D eigenvalue weighted by atomic mass is 10.3. The minimum Gasteiger partial charge on any atom is -0.461 e. The molecule has 0 fully saturated rings. The normalized spacial score (nSPS) is 10.5. The van der Waals surface area contributed by atoms with Gasteiger partial charge in [-0.3, -0.25) is 4.40 Å². The summed E-state index contributed by atoms with van der Waals surface area (Å²) in [4.78, 5) is 15.6. The van der Waals surface area contributed by atoms with Gasteiger partial charge in [-0.1, -0.05) is 11.6 Å². The van der Waals surface area contributed by atoms with E-state index in [1.165, 1.54) is 6.33 Å². The fraction of sp³-hybridized carbons (Fsp3) is 0.200. The third-order valence-electron chi connectivity index (χ3n) is 2.00. The van der Waals surface area contributed by atoms with Crippen molar-refractivity contribution in [2.75, 3.05) is 6.61 Å². The highest BCUT2D eigenvalue weighted by atomic mass is 35.5.